The van der Waals surface area contributed by atoms with Crippen molar-refractivity contribution in [2.45, 2.75) is 44.8 Å². The second kappa shape index (κ2) is 8.79. The van der Waals surface area contributed by atoms with Crippen molar-refractivity contribution >= 4 is 11.8 Å². The van der Waals surface area contributed by atoms with E-state index in [4.69, 9.17) is 14.2 Å². The summed E-state index contributed by atoms with van der Waals surface area (Å²) >= 11 is 0. The third kappa shape index (κ3) is 4.53. The van der Waals surface area contributed by atoms with Gasteiger partial charge in [-0.05, 0) is 49.5 Å². The zero-order valence-electron chi connectivity index (χ0n) is 17.9. The first-order chi connectivity index (χ1) is 14.5. The lowest BCUT2D eigenvalue weighted by atomic mass is 9.77. The fourth-order valence-electron chi connectivity index (χ4n) is 4.75. The first-order valence-electron chi connectivity index (χ1n) is 10.8. The average molecular weight is 418 g/mol. The van der Waals surface area contributed by atoms with Crippen LogP contribution in [0.5, 0.6) is 11.8 Å². The van der Waals surface area contributed by atoms with Crippen molar-refractivity contribution in [3.63, 3.8) is 0 Å². The van der Waals surface area contributed by atoms with Gasteiger partial charge in [-0.15, -0.1) is 0 Å². The highest BCUT2D eigenvalue weighted by molar-refractivity contribution is 5.96. The number of hydrogen-bond donors (Lipinski definition) is 1. The number of pyridine rings is 1. The third-order valence-corrected chi connectivity index (χ3v) is 6.50. The van der Waals surface area contributed by atoms with Gasteiger partial charge in [-0.3, -0.25) is 9.59 Å². The molecule has 0 bridgehead atoms. The number of carbonyl (C=O) groups excluding carboxylic acids is 2. The van der Waals surface area contributed by atoms with E-state index in [0.29, 0.717) is 42.3 Å². The molecular weight excluding hydrogens is 386 g/mol. The number of rotatable bonds is 7. The van der Waals surface area contributed by atoms with E-state index < -0.39 is 0 Å². The van der Waals surface area contributed by atoms with Crippen LogP contribution in [0.3, 0.4) is 0 Å². The molecule has 30 heavy (non-hydrogen) atoms. The summed E-state index contributed by atoms with van der Waals surface area (Å²) in [7, 11) is 3.03. The van der Waals surface area contributed by atoms with Gasteiger partial charge in [0.1, 0.15) is 5.56 Å². The minimum Gasteiger partial charge on any atom is -0.481 e. The molecule has 8 nitrogen and oxygen atoms in total. The van der Waals surface area contributed by atoms with E-state index in [2.05, 4.69) is 10.3 Å². The molecule has 2 aliphatic carbocycles. The normalized spacial score (nSPS) is 28.0. The number of methoxy groups -OCH3 is 2. The number of nitrogens with one attached hydrogen (secondary N) is 1. The molecule has 1 saturated heterocycles. The highest BCUT2D eigenvalue weighted by atomic mass is 16.5. The summed E-state index contributed by atoms with van der Waals surface area (Å²) in [6.45, 7) is 3.69. The fraction of sp³-hybridized carbons (Fsp3) is 0.682. The lowest BCUT2D eigenvalue weighted by Crippen LogP contribution is -2.50. The largest absolute Gasteiger partial charge is 0.481 e. The average Bonchev–Trinajstić information content (AvgIpc) is 3.48. The Morgan fingerprint density at radius 1 is 1.13 bits per heavy atom. The lowest BCUT2D eigenvalue weighted by molar-refractivity contribution is -0.122. The van der Waals surface area contributed by atoms with E-state index in [0.717, 1.165) is 19.4 Å². The molecule has 8 heteroatoms. The molecule has 1 aromatic rings. The van der Waals surface area contributed by atoms with Gasteiger partial charge in [0.25, 0.3) is 5.91 Å². The van der Waals surface area contributed by atoms with Gasteiger partial charge in [0.2, 0.25) is 17.7 Å². The Kier molecular flexibility index (Phi) is 6.13. The summed E-state index contributed by atoms with van der Waals surface area (Å²) in [5.74, 6) is 1.98. The molecule has 0 aromatic carbocycles. The van der Waals surface area contributed by atoms with Gasteiger partial charge in [0, 0.05) is 32.7 Å². The maximum absolute atomic E-state index is 13.2. The number of hydrogen-bond acceptors (Lipinski definition) is 6. The molecule has 164 valence electrons. The van der Waals surface area contributed by atoms with Crippen molar-refractivity contribution in [3.05, 3.63) is 17.7 Å². The molecule has 2 saturated carbocycles. The number of amides is 2. The summed E-state index contributed by atoms with van der Waals surface area (Å²) in [4.78, 5) is 31.0. The summed E-state index contributed by atoms with van der Waals surface area (Å²) in [5.41, 5.74) is 0.442. The Hall–Kier alpha value is -2.35. The SMILES string of the molecule is COc1ccc(C(=O)N2C[C@H]3C[C@@H](NC(C)=O)[C@H](OCC4CC4)C[C@H]3C2)c(OC)n1. The Morgan fingerprint density at radius 3 is 2.50 bits per heavy atom. The lowest BCUT2D eigenvalue weighted by Gasteiger charge is -2.38. The minimum atomic E-state index is -0.0806. The molecule has 3 fully saturated rings. The summed E-state index contributed by atoms with van der Waals surface area (Å²) in [6, 6.07) is 3.39. The molecule has 1 aliphatic heterocycles. The van der Waals surface area contributed by atoms with Crippen molar-refractivity contribution in [3.8, 4) is 11.8 Å². The Balaban J connectivity index is 1.45. The fourth-order valence-corrected chi connectivity index (χ4v) is 4.75. The molecule has 0 radical (unpaired) electrons. The van der Waals surface area contributed by atoms with Crippen molar-refractivity contribution in [1.29, 1.82) is 0 Å². The predicted molar refractivity (Wildman–Crippen MR) is 110 cm³/mol. The number of aromatic nitrogens is 1. The van der Waals surface area contributed by atoms with Gasteiger partial charge >= 0.3 is 0 Å². The first kappa shape index (κ1) is 20.9. The zero-order valence-corrected chi connectivity index (χ0v) is 17.9. The van der Waals surface area contributed by atoms with Crippen LogP contribution in [-0.2, 0) is 9.53 Å². The molecular formula is C22H31N3O5. The zero-order chi connectivity index (χ0) is 21.3. The van der Waals surface area contributed by atoms with Crippen LogP contribution >= 0.6 is 0 Å². The van der Waals surface area contributed by atoms with Gasteiger partial charge in [-0.2, -0.15) is 4.98 Å². The number of ether oxygens (including phenoxy) is 3. The van der Waals surface area contributed by atoms with Crippen molar-refractivity contribution in [1.82, 2.24) is 15.2 Å². The van der Waals surface area contributed by atoms with E-state index in [9.17, 15) is 9.59 Å². The molecule has 0 spiro atoms. The Morgan fingerprint density at radius 2 is 1.87 bits per heavy atom. The van der Waals surface area contributed by atoms with Gasteiger partial charge in [-0.1, -0.05) is 0 Å². The van der Waals surface area contributed by atoms with Crippen LogP contribution in [0.1, 0.15) is 43.0 Å². The Labute approximate surface area is 177 Å². The van der Waals surface area contributed by atoms with Crippen LogP contribution in [0, 0.1) is 17.8 Å². The van der Waals surface area contributed by atoms with Gasteiger partial charge in [-0.25, -0.2) is 0 Å². The van der Waals surface area contributed by atoms with E-state index in [-0.39, 0.29) is 29.8 Å². The van der Waals surface area contributed by atoms with Crippen LogP contribution < -0.4 is 14.8 Å². The van der Waals surface area contributed by atoms with E-state index in [1.807, 2.05) is 4.90 Å². The summed E-state index contributed by atoms with van der Waals surface area (Å²) in [6.07, 6.45) is 4.20. The van der Waals surface area contributed by atoms with Crippen LogP contribution in [0.15, 0.2) is 12.1 Å². The predicted octanol–water partition coefficient (Wildman–Crippen LogP) is 1.88. The third-order valence-electron chi connectivity index (χ3n) is 6.50. The number of nitrogens with zero attached hydrogens (tertiary/aromatic N) is 2. The Bertz CT molecular complexity index is 797. The highest BCUT2D eigenvalue weighted by Gasteiger charge is 2.45. The minimum absolute atomic E-state index is 0.00902. The van der Waals surface area contributed by atoms with E-state index in [1.54, 1.807) is 19.1 Å². The highest BCUT2D eigenvalue weighted by Crippen LogP contribution is 2.39. The van der Waals surface area contributed by atoms with Crippen molar-refractivity contribution < 1.29 is 23.8 Å². The number of fused-ring (bicyclic) bond motifs is 1. The number of carbonyl (C=O) groups is 2. The van der Waals surface area contributed by atoms with Gasteiger partial charge in [0.05, 0.1) is 26.4 Å². The standard InChI is InChI=1S/C22H31N3O5/c1-13(26)23-18-8-15-10-25(11-16(15)9-19(18)30-12-14-4-5-14)22(27)17-6-7-20(28-2)24-21(17)29-3/h6-7,14-16,18-19H,4-5,8-12H2,1-3H3,(H,23,26)/t15-,16+,18-,19-/m1/s1. The summed E-state index contributed by atoms with van der Waals surface area (Å²) in [5, 5.41) is 3.08. The van der Waals surface area contributed by atoms with Crippen molar-refractivity contribution in [2.24, 2.45) is 17.8 Å². The van der Waals surface area contributed by atoms with Crippen LogP contribution in [0.4, 0.5) is 0 Å². The van der Waals surface area contributed by atoms with Crippen LogP contribution in [-0.4, -0.2) is 67.8 Å². The maximum atomic E-state index is 13.2. The van der Waals surface area contributed by atoms with E-state index >= 15 is 0 Å². The smallest absolute Gasteiger partial charge is 0.259 e. The molecule has 1 N–H and O–H groups in total. The second-order valence-electron chi connectivity index (χ2n) is 8.73. The van der Waals surface area contributed by atoms with Gasteiger partial charge < -0.3 is 24.4 Å². The van der Waals surface area contributed by atoms with Crippen LogP contribution in [0.2, 0.25) is 0 Å². The maximum Gasteiger partial charge on any atom is 0.259 e. The molecule has 1 aromatic heterocycles. The molecule has 0 unspecified atom stereocenters. The van der Waals surface area contributed by atoms with Gasteiger partial charge in [0.15, 0.2) is 0 Å². The van der Waals surface area contributed by atoms with Crippen molar-refractivity contribution in [2.75, 3.05) is 33.9 Å². The topological polar surface area (TPSA) is 90.0 Å². The summed E-state index contributed by atoms with van der Waals surface area (Å²) < 4.78 is 16.7. The molecule has 3 aliphatic rings. The van der Waals surface area contributed by atoms with Crippen LogP contribution in [0.25, 0.3) is 0 Å². The molecule has 4 rings (SSSR count). The monoisotopic (exact) mass is 417 g/mol. The quantitative estimate of drug-likeness (QED) is 0.729. The molecule has 2 amide bonds. The van der Waals surface area contributed by atoms with E-state index in [1.165, 1.54) is 27.1 Å². The number of likely N-dealkylation sites (tertiary alicyclic amines) is 1. The molecule has 2 heterocycles. The molecule has 4 atom stereocenters. The second-order valence-corrected chi connectivity index (χ2v) is 8.73. The first-order valence-corrected chi connectivity index (χ1v) is 10.8.